The minimum Gasteiger partial charge on any atom is -0.486 e. The number of esters is 1. The average Bonchev–Trinajstić information content (AvgIpc) is 3.13. The number of hydrogen-bond acceptors (Lipinski definition) is 6. The van der Waals surface area contributed by atoms with Gasteiger partial charge < -0.3 is 14.8 Å². The number of thiazole rings is 1. The molecule has 0 saturated carbocycles. The highest BCUT2D eigenvalue weighted by molar-refractivity contribution is 7.14. The number of aromatic nitrogens is 1. The Balaban J connectivity index is 1.80. The predicted octanol–water partition coefficient (Wildman–Crippen LogP) is 4.83. The maximum atomic E-state index is 12.4. The van der Waals surface area contributed by atoms with Gasteiger partial charge in [-0.25, -0.2) is 9.78 Å². The molecule has 0 fully saturated rings. The maximum Gasteiger partial charge on any atom is 0.350 e. The van der Waals surface area contributed by atoms with Crippen LogP contribution in [0.1, 0.15) is 34.1 Å². The number of nitrogens with zero attached hydrogens (tertiary/aromatic N) is 1. The van der Waals surface area contributed by atoms with Crippen LogP contribution in [0.4, 0.5) is 5.69 Å². The van der Waals surface area contributed by atoms with Gasteiger partial charge in [0.05, 0.1) is 12.3 Å². The van der Waals surface area contributed by atoms with E-state index in [4.69, 9.17) is 9.47 Å². The van der Waals surface area contributed by atoms with Crippen molar-refractivity contribution in [3.05, 3.63) is 64.0 Å². The Morgan fingerprint density at radius 2 is 1.90 bits per heavy atom. The number of amides is 1. The fourth-order valence-corrected chi connectivity index (χ4v) is 3.65. The molecule has 29 heavy (non-hydrogen) atoms. The summed E-state index contributed by atoms with van der Waals surface area (Å²) in [6.45, 7) is 5.67. The minimum absolute atomic E-state index is 0.121. The van der Waals surface area contributed by atoms with Crippen LogP contribution in [0, 0.1) is 6.92 Å². The fourth-order valence-electron chi connectivity index (χ4n) is 2.75. The number of rotatable bonds is 7. The lowest BCUT2D eigenvalue weighted by atomic mass is 10.1. The van der Waals surface area contributed by atoms with E-state index in [9.17, 15) is 9.59 Å². The Morgan fingerprint density at radius 3 is 2.55 bits per heavy atom. The van der Waals surface area contributed by atoms with Crippen LogP contribution in [-0.4, -0.2) is 23.5 Å². The van der Waals surface area contributed by atoms with E-state index >= 15 is 0 Å². The zero-order valence-electron chi connectivity index (χ0n) is 16.5. The molecule has 0 atom stereocenters. The molecule has 0 bridgehead atoms. The number of anilines is 1. The highest BCUT2D eigenvalue weighted by atomic mass is 32.1. The van der Waals surface area contributed by atoms with Gasteiger partial charge >= 0.3 is 5.97 Å². The Kier molecular flexibility index (Phi) is 6.61. The minimum atomic E-state index is -0.384. The molecule has 0 saturated heterocycles. The molecule has 0 spiro atoms. The van der Waals surface area contributed by atoms with Gasteiger partial charge in [-0.3, -0.25) is 4.79 Å². The van der Waals surface area contributed by atoms with Crippen LogP contribution in [0.3, 0.4) is 0 Å². The summed E-state index contributed by atoms with van der Waals surface area (Å²) in [5.74, 6) is 0.154. The second kappa shape index (κ2) is 9.34. The first-order valence-electron chi connectivity index (χ1n) is 9.21. The molecule has 2 aromatic carbocycles. The number of nitrogens with one attached hydrogen (secondary N) is 1. The summed E-state index contributed by atoms with van der Waals surface area (Å²) in [7, 11) is 0. The molecule has 0 radical (unpaired) electrons. The monoisotopic (exact) mass is 410 g/mol. The van der Waals surface area contributed by atoms with Crippen molar-refractivity contribution in [3.8, 4) is 17.0 Å². The van der Waals surface area contributed by atoms with Crippen molar-refractivity contribution in [1.82, 2.24) is 4.98 Å². The molecule has 1 N–H and O–H groups in total. The number of ether oxygens (including phenoxy) is 2. The quantitative estimate of drug-likeness (QED) is 0.564. The van der Waals surface area contributed by atoms with Gasteiger partial charge in [-0.1, -0.05) is 30.3 Å². The summed E-state index contributed by atoms with van der Waals surface area (Å²) in [6, 6.07) is 15.0. The van der Waals surface area contributed by atoms with Crippen molar-refractivity contribution in [3.63, 3.8) is 0 Å². The molecule has 6 nitrogen and oxygen atoms in total. The Bertz CT molecular complexity index is 1010. The van der Waals surface area contributed by atoms with Crippen LogP contribution in [0.15, 0.2) is 48.5 Å². The molecule has 0 aliphatic rings. The Morgan fingerprint density at radius 1 is 1.14 bits per heavy atom. The summed E-state index contributed by atoms with van der Waals surface area (Å²) in [5.41, 5.74) is 3.10. The van der Waals surface area contributed by atoms with E-state index in [1.165, 1.54) is 18.3 Å². The number of benzene rings is 2. The van der Waals surface area contributed by atoms with Crippen molar-refractivity contribution < 1.29 is 19.1 Å². The zero-order chi connectivity index (χ0) is 20.8. The number of aryl methyl sites for hydroxylation is 1. The third-order valence-corrected chi connectivity index (χ3v) is 5.06. The van der Waals surface area contributed by atoms with E-state index in [2.05, 4.69) is 10.3 Å². The lowest BCUT2D eigenvalue weighted by Crippen LogP contribution is -2.07. The molecule has 1 amide bonds. The molecule has 150 valence electrons. The van der Waals surface area contributed by atoms with Crippen molar-refractivity contribution >= 4 is 28.9 Å². The normalized spacial score (nSPS) is 10.4. The average molecular weight is 410 g/mol. The fraction of sp³-hybridized carbons (Fsp3) is 0.227. The SMILES string of the molecule is CCOC(=O)c1sc(COc2ccc(NC(C)=O)c(C)c2)nc1-c1ccccc1. The molecule has 7 heteroatoms. The van der Waals surface area contributed by atoms with Crippen LogP contribution in [-0.2, 0) is 16.1 Å². The second-order valence-corrected chi connectivity index (χ2v) is 7.40. The van der Waals surface area contributed by atoms with Crippen LogP contribution >= 0.6 is 11.3 Å². The first-order chi connectivity index (χ1) is 14.0. The molecule has 3 rings (SSSR count). The third kappa shape index (κ3) is 5.20. The van der Waals surface area contributed by atoms with Gasteiger partial charge in [0.2, 0.25) is 5.91 Å². The highest BCUT2D eigenvalue weighted by Gasteiger charge is 2.20. The molecule has 0 unspecified atom stereocenters. The number of hydrogen-bond donors (Lipinski definition) is 1. The number of carbonyl (C=O) groups is 2. The highest BCUT2D eigenvalue weighted by Crippen LogP contribution is 2.30. The van der Waals surface area contributed by atoms with Gasteiger partial charge in [0.25, 0.3) is 0 Å². The first-order valence-corrected chi connectivity index (χ1v) is 10.0. The number of carbonyl (C=O) groups excluding carboxylic acids is 2. The summed E-state index contributed by atoms with van der Waals surface area (Å²) in [4.78, 5) is 28.7. The zero-order valence-corrected chi connectivity index (χ0v) is 17.3. The first kappa shape index (κ1) is 20.5. The molecule has 3 aromatic rings. The van der Waals surface area contributed by atoms with Gasteiger partial charge in [-0.2, -0.15) is 0 Å². The smallest absolute Gasteiger partial charge is 0.350 e. The topological polar surface area (TPSA) is 77.5 Å². The largest absolute Gasteiger partial charge is 0.486 e. The summed E-state index contributed by atoms with van der Waals surface area (Å²) in [6.07, 6.45) is 0. The van der Waals surface area contributed by atoms with Crippen LogP contribution in [0.25, 0.3) is 11.3 Å². The van der Waals surface area contributed by atoms with E-state index in [-0.39, 0.29) is 18.5 Å². The second-order valence-electron chi connectivity index (χ2n) is 6.32. The van der Waals surface area contributed by atoms with Gasteiger partial charge in [-0.15, -0.1) is 11.3 Å². The van der Waals surface area contributed by atoms with E-state index in [0.29, 0.717) is 27.9 Å². The standard InChI is InChI=1S/C22H22N2O4S/c1-4-27-22(26)21-20(16-8-6-5-7-9-16)24-19(29-21)13-28-17-10-11-18(14(2)12-17)23-15(3)25/h5-12H,4,13H2,1-3H3,(H,23,25). The molecule has 1 aromatic heterocycles. The molecular weight excluding hydrogens is 388 g/mol. The summed E-state index contributed by atoms with van der Waals surface area (Å²) in [5, 5.41) is 3.45. The lowest BCUT2D eigenvalue weighted by Gasteiger charge is -2.09. The third-order valence-electron chi connectivity index (χ3n) is 4.05. The molecule has 0 aliphatic carbocycles. The maximum absolute atomic E-state index is 12.4. The molecule has 1 heterocycles. The Hall–Kier alpha value is -3.19. The predicted molar refractivity (Wildman–Crippen MR) is 113 cm³/mol. The van der Waals surface area contributed by atoms with Crippen LogP contribution < -0.4 is 10.1 Å². The van der Waals surface area contributed by atoms with Crippen molar-refractivity contribution in [2.45, 2.75) is 27.4 Å². The van der Waals surface area contributed by atoms with Gasteiger partial charge in [0, 0.05) is 18.2 Å². The van der Waals surface area contributed by atoms with E-state index < -0.39 is 0 Å². The van der Waals surface area contributed by atoms with E-state index in [0.717, 1.165) is 16.8 Å². The van der Waals surface area contributed by atoms with Crippen LogP contribution in [0.5, 0.6) is 5.75 Å². The van der Waals surface area contributed by atoms with Crippen LogP contribution in [0.2, 0.25) is 0 Å². The summed E-state index contributed by atoms with van der Waals surface area (Å²) < 4.78 is 11.0. The van der Waals surface area contributed by atoms with E-state index in [1.54, 1.807) is 19.1 Å². The van der Waals surface area contributed by atoms with Crippen molar-refractivity contribution in [2.75, 3.05) is 11.9 Å². The molecule has 0 aliphatic heterocycles. The van der Waals surface area contributed by atoms with Crippen molar-refractivity contribution in [1.29, 1.82) is 0 Å². The molecular formula is C22H22N2O4S. The Labute approximate surface area is 173 Å². The van der Waals surface area contributed by atoms with Crippen molar-refractivity contribution in [2.24, 2.45) is 0 Å². The summed E-state index contributed by atoms with van der Waals surface area (Å²) >= 11 is 1.27. The van der Waals surface area contributed by atoms with E-state index in [1.807, 2.05) is 43.3 Å². The van der Waals surface area contributed by atoms with Gasteiger partial charge in [0.1, 0.15) is 22.2 Å². The van der Waals surface area contributed by atoms with Gasteiger partial charge in [0.15, 0.2) is 0 Å². The lowest BCUT2D eigenvalue weighted by molar-refractivity contribution is -0.114. The van der Waals surface area contributed by atoms with Gasteiger partial charge in [-0.05, 0) is 37.6 Å².